The van der Waals surface area contributed by atoms with Crippen molar-refractivity contribution in [3.8, 4) is 0 Å². The molecule has 0 amide bonds. The lowest BCUT2D eigenvalue weighted by Crippen LogP contribution is -2.22. The zero-order chi connectivity index (χ0) is 24.1. The molecule has 1 heterocycles. The van der Waals surface area contributed by atoms with Crippen LogP contribution in [0.4, 0.5) is 0 Å². The molecule has 2 atom stereocenters. The number of hydrogen-bond acceptors (Lipinski definition) is 3. The highest BCUT2D eigenvalue weighted by molar-refractivity contribution is 5.70. The van der Waals surface area contributed by atoms with Gasteiger partial charge >= 0.3 is 5.97 Å². The largest absolute Gasteiger partial charge is 0.462 e. The van der Waals surface area contributed by atoms with Gasteiger partial charge in [0, 0.05) is 6.42 Å². The van der Waals surface area contributed by atoms with Crippen LogP contribution >= 0.6 is 0 Å². The van der Waals surface area contributed by atoms with Crippen molar-refractivity contribution < 1.29 is 14.3 Å². The van der Waals surface area contributed by atoms with Crippen LogP contribution in [0.25, 0.3) is 0 Å². The Labute approximate surface area is 209 Å². The molecule has 34 heavy (non-hydrogen) atoms. The topological polar surface area (TPSA) is 35.5 Å². The van der Waals surface area contributed by atoms with Crippen molar-refractivity contribution in [1.29, 1.82) is 0 Å². The molecule has 0 aromatic heterocycles. The average Bonchev–Trinajstić information content (AvgIpc) is 2.83. The number of ether oxygens (including phenoxy) is 2. The van der Waals surface area contributed by atoms with Gasteiger partial charge in [0.05, 0.1) is 19.1 Å². The summed E-state index contributed by atoms with van der Waals surface area (Å²) in [4.78, 5) is 12.6. The summed E-state index contributed by atoms with van der Waals surface area (Å²) in [7, 11) is 0. The second kappa shape index (κ2) is 19.4. The molecule has 2 rings (SSSR count). The van der Waals surface area contributed by atoms with E-state index in [0.717, 1.165) is 37.7 Å². The molecule has 3 nitrogen and oxygen atoms in total. The van der Waals surface area contributed by atoms with Crippen molar-refractivity contribution in [3.63, 3.8) is 0 Å². The molecular formula is C31H48O3. The summed E-state index contributed by atoms with van der Waals surface area (Å²) in [6.07, 6.45) is 27.3. The van der Waals surface area contributed by atoms with E-state index in [4.69, 9.17) is 9.47 Å². The summed E-state index contributed by atoms with van der Waals surface area (Å²) in [5, 5.41) is 0. The number of benzene rings is 1. The number of carbonyl (C=O) groups is 1. The predicted octanol–water partition coefficient (Wildman–Crippen LogP) is 8.87. The standard InChI is InChI=1S/C31H48O3/c1-28-22-18-15-13-11-9-7-5-3-2-4-6-8-10-12-14-16-21-25-30(26-31(32)34-28)33-27-29-23-19-17-20-24-29/h7,9,15,17-20,23-24,28,30H,2-6,8,10-14,16,21-22,25-27H2,1H3/b9-7+,18-15+/t28-,30-/m1/s1. The van der Waals surface area contributed by atoms with Crippen molar-refractivity contribution in [2.24, 2.45) is 0 Å². The van der Waals surface area contributed by atoms with Gasteiger partial charge in [-0.05, 0) is 44.6 Å². The third-order valence-electron chi connectivity index (χ3n) is 6.50. The lowest BCUT2D eigenvalue weighted by atomic mass is 10.0. The number of hydrogen-bond donors (Lipinski definition) is 0. The van der Waals surface area contributed by atoms with Crippen molar-refractivity contribution in [3.05, 3.63) is 60.2 Å². The van der Waals surface area contributed by atoms with Gasteiger partial charge in [-0.25, -0.2) is 0 Å². The fraction of sp³-hybridized carbons (Fsp3) is 0.645. The molecule has 3 heteroatoms. The number of rotatable bonds is 3. The molecule has 0 fully saturated rings. The minimum atomic E-state index is -0.142. The highest BCUT2D eigenvalue weighted by atomic mass is 16.5. The van der Waals surface area contributed by atoms with Crippen LogP contribution in [0.5, 0.6) is 0 Å². The molecule has 0 bridgehead atoms. The SMILES string of the molecule is C[C@@H]1C/C=C/CC/C=C/CCCCCCCCCCCC[C@@H](OCc2ccccc2)CC(=O)O1. The van der Waals surface area contributed by atoms with Gasteiger partial charge in [0.15, 0.2) is 0 Å². The third-order valence-corrected chi connectivity index (χ3v) is 6.50. The highest BCUT2D eigenvalue weighted by Crippen LogP contribution is 2.17. The summed E-state index contributed by atoms with van der Waals surface area (Å²) in [6, 6.07) is 10.2. The van der Waals surface area contributed by atoms with E-state index in [1.54, 1.807) is 0 Å². The van der Waals surface area contributed by atoms with Gasteiger partial charge in [0.25, 0.3) is 0 Å². The van der Waals surface area contributed by atoms with Crippen LogP contribution in [0.1, 0.15) is 115 Å². The van der Waals surface area contributed by atoms with Crippen molar-refractivity contribution in [2.75, 3.05) is 0 Å². The Hall–Kier alpha value is -1.87. The van der Waals surface area contributed by atoms with Crippen molar-refractivity contribution >= 4 is 5.97 Å². The van der Waals surface area contributed by atoms with E-state index in [9.17, 15) is 4.79 Å². The lowest BCUT2D eigenvalue weighted by molar-refractivity contribution is -0.151. The van der Waals surface area contributed by atoms with Gasteiger partial charge < -0.3 is 9.47 Å². The fourth-order valence-corrected chi connectivity index (χ4v) is 4.42. The third kappa shape index (κ3) is 15.1. The van der Waals surface area contributed by atoms with Gasteiger partial charge in [-0.15, -0.1) is 0 Å². The first-order valence-electron chi connectivity index (χ1n) is 13.9. The van der Waals surface area contributed by atoms with E-state index in [1.807, 2.05) is 25.1 Å². The monoisotopic (exact) mass is 468 g/mol. The highest BCUT2D eigenvalue weighted by Gasteiger charge is 2.17. The lowest BCUT2D eigenvalue weighted by Gasteiger charge is -2.19. The molecule has 0 N–H and O–H groups in total. The summed E-state index contributed by atoms with van der Waals surface area (Å²) >= 11 is 0. The molecule has 0 spiro atoms. The number of cyclic esters (lactones) is 1. The first kappa shape index (κ1) is 28.4. The van der Waals surface area contributed by atoms with Gasteiger partial charge in [-0.1, -0.05) is 112 Å². The fourth-order valence-electron chi connectivity index (χ4n) is 4.42. The van der Waals surface area contributed by atoms with Crippen LogP contribution in [-0.2, 0) is 20.9 Å². The Morgan fingerprint density at radius 2 is 1.35 bits per heavy atom. The maximum atomic E-state index is 12.6. The average molecular weight is 469 g/mol. The molecule has 1 aromatic carbocycles. The van der Waals surface area contributed by atoms with Gasteiger partial charge in [-0.2, -0.15) is 0 Å². The molecule has 1 aromatic rings. The van der Waals surface area contributed by atoms with Crippen molar-refractivity contribution in [2.45, 2.75) is 128 Å². The van der Waals surface area contributed by atoms with Crippen LogP contribution in [0.2, 0.25) is 0 Å². The van der Waals surface area contributed by atoms with Crippen LogP contribution in [0.3, 0.4) is 0 Å². The Morgan fingerprint density at radius 3 is 2.06 bits per heavy atom. The molecular weight excluding hydrogens is 420 g/mol. The molecule has 0 saturated heterocycles. The first-order valence-corrected chi connectivity index (χ1v) is 13.9. The summed E-state index contributed by atoms with van der Waals surface area (Å²) in [5.74, 6) is -0.142. The predicted molar refractivity (Wildman–Crippen MR) is 143 cm³/mol. The zero-order valence-corrected chi connectivity index (χ0v) is 21.6. The Bertz CT molecular complexity index is 679. The maximum Gasteiger partial charge on any atom is 0.308 e. The second-order valence-electron chi connectivity index (χ2n) is 9.79. The van der Waals surface area contributed by atoms with Crippen LogP contribution in [0, 0.1) is 0 Å². The van der Waals surface area contributed by atoms with Crippen LogP contribution in [0.15, 0.2) is 54.6 Å². The van der Waals surface area contributed by atoms with E-state index in [-0.39, 0.29) is 18.2 Å². The molecule has 190 valence electrons. The quantitative estimate of drug-likeness (QED) is 0.328. The van der Waals surface area contributed by atoms with E-state index < -0.39 is 0 Å². The minimum Gasteiger partial charge on any atom is -0.462 e. The van der Waals surface area contributed by atoms with E-state index >= 15 is 0 Å². The molecule has 0 saturated carbocycles. The number of carbonyl (C=O) groups excluding carboxylic acids is 1. The molecule has 1 aliphatic heterocycles. The molecule has 0 unspecified atom stereocenters. The molecule has 1 aliphatic rings. The Morgan fingerprint density at radius 1 is 0.765 bits per heavy atom. The van der Waals surface area contributed by atoms with E-state index in [2.05, 4.69) is 36.4 Å². The van der Waals surface area contributed by atoms with E-state index in [0.29, 0.717) is 13.0 Å². The number of esters is 1. The molecule has 0 radical (unpaired) electrons. The Kier molecular flexibility index (Phi) is 16.2. The summed E-state index contributed by atoms with van der Waals surface area (Å²) < 4.78 is 11.9. The second-order valence-corrected chi connectivity index (χ2v) is 9.79. The van der Waals surface area contributed by atoms with Gasteiger partial charge in [0.1, 0.15) is 6.10 Å². The van der Waals surface area contributed by atoms with Crippen LogP contribution in [-0.4, -0.2) is 18.2 Å². The van der Waals surface area contributed by atoms with E-state index in [1.165, 1.54) is 64.2 Å². The minimum absolute atomic E-state index is 0.0761. The smallest absolute Gasteiger partial charge is 0.308 e. The zero-order valence-electron chi connectivity index (χ0n) is 21.6. The summed E-state index contributed by atoms with van der Waals surface area (Å²) in [5.41, 5.74) is 1.15. The van der Waals surface area contributed by atoms with Gasteiger partial charge in [0.2, 0.25) is 0 Å². The van der Waals surface area contributed by atoms with Crippen LogP contribution < -0.4 is 0 Å². The Balaban J connectivity index is 1.83. The summed E-state index contributed by atoms with van der Waals surface area (Å²) in [6.45, 7) is 2.53. The maximum absolute atomic E-state index is 12.6. The first-order chi connectivity index (χ1) is 16.7. The molecule has 0 aliphatic carbocycles. The normalized spacial score (nSPS) is 25.5. The number of allylic oxidation sites excluding steroid dienone is 3. The van der Waals surface area contributed by atoms with Crippen molar-refractivity contribution in [1.82, 2.24) is 0 Å². The van der Waals surface area contributed by atoms with Gasteiger partial charge in [-0.3, -0.25) is 4.79 Å².